The number of halogens is 1. The summed E-state index contributed by atoms with van der Waals surface area (Å²) < 4.78 is 23.9. The zero-order valence-corrected chi connectivity index (χ0v) is 9.59. The van der Waals surface area contributed by atoms with Gasteiger partial charge in [0.15, 0.2) is 5.03 Å². The fourth-order valence-corrected chi connectivity index (χ4v) is 2.41. The third-order valence-electron chi connectivity index (χ3n) is 2.21. The van der Waals surface area contributed by atoms with Crippen LogP contribution in [0.1, 0.15) is 12.5 Å². The molecule has 0 saturated heterocycles. The molecule has 0 radical (unpaired) electrons. The van der Waals surface area contributed by atoms with Crippen LogP contribution in [0.15, 0.2) is 29.6 Å². The number of aryl methyl sites for hydroxylation is 1. The smallest absolute Gasteiger partial charge is 0.278 e. The zero-order chi connectivity index (χ0) is 11.1. The molecule has 15 heavy (non-hydrogen) atoms. The number of nitrogens with zero attached hydrogens (tertiary/aromatic N) is 2. The predicted molar refractivity (Wildman–Crippen MR) is 57.6 cm³/mol. The first-order valence-corrected chi connectivity index (χ1v) is 6.74. The average molecular weight is 245 g/mol. The number of hydrogen-bond acceptors (Lipinski definition) is 3. The van der Waals surface area contributed by atoms with Gasteiger partial charge in [0.1, 0.15) is 5.65 Å². The summed E-state index contributed by atoms with van der Waals surface area (Å²) in [6.45, 7) is 1.99. The van der Waals surface area contributed by atoms with E-state index in [0.29, 0.717) is 5.65 Å². The van der Waals surface area contributed by atoms with E-state index in [9.17, 15) is 8.42 Å². The van der Waals surface area contributed by atoms with Crippen LogP contribution in [-0.4, -0.2) is 17.8 Å². The Balaban J connectivity index is 2.83. The zero-order valence-electron chi connectivity index (χ0n) is 8.01. The molecule has 0 aliphatic heterocycles. The summed E-state index contributed by atoms with van der Waals surface area (Å²) in [6.07, 6.45) is 3.71. The van der Waals surface area contributed by atoms with E-state index in [-0.39, 0.29) is 5.03 Å². The van der Waals surface area contributed by atoms with Crippen LogP contribution in [0.5, 0.6) is 0 Å². The Bertz CT molecular complexity index is 604. The molecule has 2 aromatic heterocycles. The van der Waals surface area contributed by atoms with Crippen LogP contribution >= 0.6 is 10.7 Å². The average Bonchev–Trinajstić information content (AvgIpc) is 2.59. The summed E-state index contributed by atoms with van der Waals surface area (Å²) in [5.74, 6) is 0. The number of pyridine rings is 1. The van der Waals surface area contributed by atoms with Crippen LogP contribution in [0.4, 0.5) is 0 Å². The largest absolute Gasteiger partial charge is 0.289 e. The first-order valence-electron chi connectivity index (χ1n) is 4.43. The van der Waals surface area contributed by atoms with Gasteiger partial charge in [-0.15, -0.1) is 0 Å². The maximum atomic E-state index is 11.2. The van der Waals surface area contributed by atoms with Gasteiger partial charge < -0.3 is 0 Å². The van der Waals surface area contributed by atoms with Crippen molar-refractivity contribution in [1.82, 2.24) is 9.38 Å². The molecule has 0 fully saturated rings. The Morgan fingerprint density at radius 2 is 2.27 bits per heavy atom. The quantitative estimate of drug-likeness (QED) is 0.758. The van der Waals surface area contributed by atoms with Gasteiger partial charge in [-0.25, -0.2) is 13.4 Å². The number of aromatic nitrogens is 2. The van der Waals surface area contributed by atoms with Gasteiger partial charge in [-0.05, 0) is 18.1 Å². The van der Waals surface area contributed by atoms with Crippen molar-refractivity contribution in [2.24, 2.45) is 0 Å². The molecule has 4 nitrogen and oxygen atoms in total. The Labute approximate surface area is 91.9 Å². The van der Waals surface area contributed by atoms with Crippen LogP contribution in [0.2, 0.25) is 0 Å². The fraction of sp³-hybridized carbons (Fsp3) is 0.222. The molecule has 2 heterocycles. The molecule has 0 saturated carbocycles. The van der Waals surface area contributed by atoms with Crippen LogP contribution in [0.25, 0.3) is 5.65 Å². The Hall–Kier alpha value is -1.07. The van der Waals surface area contributed by atoms with Gasteiger partial charge in [0.2, 0.25) is 0 Å². The molecule has 6 heteroatoms. The van der Waals surface area contributed by atoms with Gasteiger partial charge in [-0.3, -0.25) is 4.40 Å². The summed E-state index contributed by atoms with van der Waals surface area (Å²) in [6, 6.07) is 3.69. The van der Waals surface area contributed by atoms with Crippen molar-refractivity contribution in [3.63, 3.8) is 0 Å². The Morgan fingerprint density at radius 3 is 2.87 bits per heavy atom. The second kappa shape index (κ2) is 3.50. The molecule has 0 bridgehead atoms. The number of fused-ring (bicyclic) bond motifs is 1. The summed E-state index contributed by atoms with van der Waals surface area (Å²) in [5, 5.41) is 0.00877. The maximum Gasteiger partial charge on any atom is 0.278 e. The fourth-order valence-electron chi connectivity index (χ4n) is 1.50. The van der Waals surface area contributed by atoms with E-state index >= 15 is 0 Å². The second-order valence-electron chi connectivity index (χ2n) is 3.11. The highest BCUT2D eigenvalue weighted by molar-refractivity contribution is 8.13. The minimum atomic E-state index is -3.74. The lowest BCUT2D eigenvalue weighted by Crippen LogP contribution is -1.97. The van der Waals surface area contributed by atoms with E-state index in [0.717, 1.165) is 12.0 Å². The predicted octanol–water partition coefficient (Wildman–Crippen LogP) is 1.82. The molecule has 0 N–H and O–H groups in total. The van der Waals surface area contributed by atoms with Crippen molar-refractivity contribution < 1.29 is 8.42 Å². The van der Waals surface area contributed by atoms with Crippen LogP contribution in [0, 0.1) is 0 Å². The molecule has 0 aliphatic carbocycles. The summed E-state index contributed by atoms with van der Waals surface area (Å²) >= 11 is 0. The van der Waals surface area contributed by atoms with Crippen molar-refractivity contribution in [3.05, 3.63) is 30.1 Å². The van der Waals surface area contributed by atoms with Crippen LogP contribution in [0.3, 0.4) is 0 Å². The molecular weight excluding hydrogens is 236 g/mol. The summed E-state index contributed by atoms with van der Waals surface area (Å²) in [4.78, 5) is 4.06. The third kappa shape index (κ3) is 1.72. The summed E-state index contributed by atoms with van der Waals surface area (Å²) in [7, 11) is 1.55. The molecule has 0 spiro atoms. The first kappa shape index (κ1) is 10.4. The van der Waals surface area contributed by atoms with Gasteiger partial charge in [0.25, 0.3) is 9.05 Å². The lowest BCUT2D eigenvalue weighted by Gasteiger charge is -2.01. The van der Waals surface area contributed by atoms with Crippen LogP contribution < -0.4 is 0 Å². The third-order valence-corrected chi connectivity index (χ3v) is 3.49. The monoisotopic (exact) mass is 244 g/mol. The summed E-state index contributed by atoms with van der Waals surface area (Å²) in [5.41, 5.74) is 1.63. The molecule has 0 aliphatic rings. The van der Waals surface area contributed by atoms with Gasteiger partial charge in [-0.2, -0.15) is 0 Å². The van der Waals surface area contributed by atoms with E-state index in [2.05, 4.69) is 4.98 Å². The molecule has 2 rings (SSSR count). The molecule has 0 atom stereocenters. The van der Waals surface area contributed by atoms with Crippen LogP contribution in [-0.2, 0) is 15.5 Å². The SMILES string of the molecule is CCc1cccn2c(S(=O)(=O)Cl)cnc12. The van der Waals surface area contributed by atoms with Crippen molar-refractivity contribution in [3.8, 4) is 0 Å². The van der Waals surface area contributed by atoms with E-state index in [1.54, 1.807) is 12.3 Å². The van der Waals surface area contributed by atoms with Gasteiger partial charge in [-0.1, -0.05) is 13.0 Å². The highest BCUT2D eigenvalue weighted by atomic mass is 35.7. The van der Waals surface area contributed by atoms with E-state index in [1.165, 1.54) is 10.6 Å². The topological polar surface area (TPSA) is 51.4 Å². The molecule has 0 amide bonds. The normalized spacial score (nSPS) is 12.1. The number of imidazole rings is 1. The number of hydrogen-bond donors (Lipinski definition) is 0. The Morgan fingerprint density at radius 1 is 1.53 bits per heavy atom. The second-order valence-corrected chi connectivity index (χ2v) is 5.63. The van der Waals surface area contributed by atoms with Gasteiger partial charge in [0, 0.05) is 16.9 Å². The van der Waals surface area contributed by atoms with E-state index in [1.807, 2.05) is 13.0 Å². The lowest BCUT2D eigenvalue weighted by atomic mass is 10.2. The van der Waals surface area contributed by atoms with Crippen molar-refractivity contribution >= 4 is 25.4 Å². The lowest BCUT2D eigenvalue weighted by molar-refractivity contribution is 0.605. The Kier molecular flexibility index (Phi) is 2.44. The molecule has 0 aromatic carbocycles. The van der Waals surface area contributed by atoms with E-state index in [4.69, 9.17) is 10.7 Å². The van der Waals surface area contributed by atoms with Crippen molar-refractivity contribution in [2.75, 3.05) is 0 Å². The molecule has 2 aromatic rings. The minimum Gasteiger partial charge on any atom is -0.289 e. The standard InChI is InChI=1S/C9H9ClN2O2S/c1-2-7-4-3-5-12-8(15(10,13)14)6-11-9(7)12/h3-6H,2H2,1H3. The molecule has 80 valence electrons. The number of rotatable bonds is 2. The maximum absolute atomic E-state index is 11.2. The first-order chi connectivity index (χ1) is 7.04. The highest BCUT2D eigenvalue weighted by Crippen LogP contribution is 2.19. The van der Waals surface area contributed by atoms with Gasteiger partial charge in [0.05, 0.1) is 6.20 Å². The molecule has 0 unspecified atom stereocenters. The van der Waals surface area contributed by atoms with Crippen molar-refractivity contribution in [1.29, 1.82) is 0 Å². The minimum absolute atomic E-state index is 0.00877. The van der Waals surface area contributed by atoms with Crippen molar-refractivity contribution in [2.45, 2.75) is 18.4 Å². The van der Waals surface area contributed by atoms with Gasteiger partial charge >= 0.3 is 0 Å². The van der Waals surface area contributed by atoms with E-state index < -0.39 is 9.05 Å². The highest BCUT2D eigenvalue weighted by Gasteiger charge is 2.16. The molecular formula is C9H9ClN2O2S.